The van der Waals surface area contributed by atoms with E-state index in [1.807, 2.05) is 0 Å². The van der Waals surface area contributed by atoms with Crippen LogP contribution >= 0.6 is 0 Å². The molecule has 0 aromatic rings. The van der Waals surface area contributed by atoms with Crippen molar-refractivity contribution in [2.24, 2.45) is 5.92 Å². The first-order valence-electron chi connectivity index (χ1n) is 10.1. The van der Waals surface area contributed by atoms with Crippen molar-refractivity contribution in [3.63, 3.8) is 0 Å². The van der Waals surface area contributed by atoms with Crippen LogP contribution in [0.25, 0.3) is 0 Å². The van der Waals surface area contributed by atoms with E-state index in [0.717, 1.165) is 5.92 Å². The normalized spacial score (nSPS) is 22.4. The van der Waals surface area contributed by atoms with Gasteiger partial charge in [-0.25, -0.2) is 0 Å². The Balaban J connectivity index is 2.05. The molecule has 1 rings (SSSR count). The molecule has 1 saturated heterocycles. The SMILES string of the molecule is CCCCCCCCCC1CCCCCCCNCCC1. The summed E-state index contributed by atoms with van der Waals surface area (Å²) in [4.78, 5) is 0. The van der Waals surface area contributed by atoms with Gasteiger partial charge in [0.2, 0.25) is 0 Å². The minimum atomic E-state index is 1.03. The Morgan fingerprint density at radius 1 is 0.667 bits per heavy atom. The van der Waals surface area contributed by atoms with E-state index >= 15 is 0 Å². The van der Waals surface area contributed by atoms with Crippen LogP contribution in [-0.4, -0.2) is 13.1 Å². The summed E-state index contributed by atoms with van der Waals surface area (Å²) in [6.07, 6.45) is 23.4. The molecule has 21 heavy (non-hydrogen) atoms. The van der Waals surface area contributed by atoms with Gasteiger partial charge in [-0.1, -0.05) is 90.4 Å². The average molecular weight is 296 g/mol. The summed E-state index contributed by atoms with van der Waals surface area (Å²) >= 11 is 0. The molecule has 1 aliphatic rings. The molecule has 126 valence electrons. The predicted molar refractivity (Wildman–Crippen MR) is 95.9 cm³/mol. The molecule has 1 heterocycles. The summed E-state index contributed by atoms with van der Waals surface area (Å²) in [5.41, 5.74) is 0. The minimum Gasteiger partial charge on any atom is -0.317 e. The molecule has 0 bridgehead atoms. The number of unbranched alkanes of at least 4 members (excludes halogenated alkanes) is 6. The van der Waals surface area contributed by atoms with Crippen molar-refractivity contribution in [1.29, 1.82) is 0 Å². The molecule has 1 N–H and O–H groups in total. The number of hydrogen-bond acceptors (Lipinski definition) is 1. The lowest BCUT2D eigenvalue weighted by atomic mass is 9.90. The third kappa shape index (κ3) is 12.2. The Morgan fingerprint density at radius 3 is 2.14 bits per heavy atom. The van der Waals surface area contributed by atoms with Crippen molar-refractivity contribution in [2.45, 2.75) is 110 Å². The highest BCUT2D eigenvalue weighted by Gasteiger charge is 2.09. The number of nitrogens with one attached hydrogen (secondary N) is 1. The van der Waals surface area contributed by atoms with E-state index in [4.69, 9.17) is 0 Å². The monoisotopic (exact) mass is 295 g/mol. The molecule has 1 unspecified atom stereocenters. The lowest BCUT2D eigenvalue weighted by molar-refractivity contribution is 0.364. The van der Waals surface area contributed by atoms with Crippen LogP contribution in [-0.2, 0) is 0 Å². The molecular weight excluding hydrogens is 254 g/mol. The second kappa shape index (κ2) is 14.9. The van der Waals surface area contributed by atoms with Gasteiger partial charge in [0.25, 0.3) is 0 Å². The highest BCUT2D eigenvalue weighted by atomic mass is 14.8. The topological polar surface area (TPSA) is 12.0 Å². The molecule has 0 amide bonds. The minimum absolute atomic E-state index is 1.03. The number of hydrogen-bond donors (Lipinski definition) is 1. The van der Waals surface area contributed by atoms with Crippen LogP contribution in [0, 0.1) is 5.92 Å². The molecule has 0 aliphatic carbocycles. The zero-order chi connectivity index (χ0) is 15.0. The van der Waals surface area contributed by atoms with Crippen LogP contribution < -0.4 is 5.32 Å². The van der Waals surface area contributed by atoms with Crippen LogP contribution in [0.4, 0.5) is 0 Å². The van der Waals surface area contributed by atoms with Gasteiger partial charge in [-0.05, 0) is 38.3 Å². The lowest BCUT2D eigenvalue weighted by Crippen LogP contribution is -2.18. The van der Waals surface area contributed by atoms with Crippen molar-refractivity contribution < 1.29 is 0 Å². The van der Waals surface area contributed by atoms with E-state index in [9.17, 15) is 0 Å². The molecule has 0 saturated carbocycles. The first kappa shape index (κ1) is 19.0. The van der Waals surface area contributed by atoms with Crippen molar-refractivity contribution in [3.8, 4) is 0 Å². The summed E-state index contributed by atoms with van der Waals surface area (Å²) in [7, 11) is 0. The zero-order valence-electron chi connectivity index (χ0n) is 14.8. The van der Waals surface area contributed by atoms with Gasteiger partial charge in [0.05, 0.1) is 0 Å². The Labute approximate surface area is 134 Å². The first-order valence-corrected chi connectivity index (χ1v) is 10.1. The Kier molecular flexibility index (Phi) is 13.5. The van der Waals surface area contributed by atoms with Crippen molar-refractivity contribution in [2.75, 3.05) is 13.1 Å². The second-order valence-corrected chi connectivity index (χ2v) is 7.22. The fourth-order valence-corrected chi connectivity index (χ4v) is 3.68. The van der Waals surface area contributed by atoms with Crippen LogP contribution in [0.5, 0.6) is 0 Å². The average Bonchev–Trinajstić information content (AvgIpc) is 2.48. The maximum absolute atomic E-state index is 3.62. The van der Waals surface area contributed by atoms with E-state index < -0.39 is 0 Å². The van der Waals surface area contributed by atoms with Crippen molar-refractivity contribution in [1.82, 2.24) is 5.32 Å². The van der Waals surface area contributed by atoms with Crippen LogP contribution in [0.3, 0.4) is 0 Å². The van der Waals surface area contributed by atoms with Gasteiger partial charge >= 0.3 is 0 Å². The Hall–Kier alpha value is -0.0400. The standard InChI is InChI=1S/C20H41N/c1-2-3-4-5-6-8-11-15-20-16-12-9-7-10-13-18-21-19-14-17-20/h20-21H,2-19H2,1H3. The molecule has 1 heteroatoms. The van der Waals surface area contributed by atoms with Gasteiger partial charge < -0.3 is 5.32 Å². The third-order valence-corrected chi connectivity index (χ3v) is 5.15. The van der Waals surface area contributed by atoms with Gasteiger partial charge in [0, 0.05) is 0 Å². The fraction of sp³-hybridized carbons (Fsp3) is 1.00. The van der Waals surface area contributed by atoms with E-state index in [1.54, 1.807) is 0 Å². The third-order valence-electron chi connectivity index (χ3n) is 5.15. The molecule has 0 aromatic carbocycles. The Bertz CT molecular complexity index is 190. The molecule has 0 radical (unpaired) electrons. The quantitative estimate of drug-likeness (QED) is 0.506. The van der Waals surface area contributed by atoms with Gasteiger partial charge in [0.1, 0.15) is 0 Å². The van der Waals surface area contributed by atoms with Crippen molar-refractivity contribution in [3.05, 3.63) is 0 Å². The van der Waals surface area contributed by atoms with E-state index in [1.165, 1.54) is 116 Å². The molecule has 1 fully saturated rings. The lowest BCUT2D eigenvalue weighted by Gasteiger charge is -2.18. The Morgan fingerprint density at radius 2 is 1.29 bits per heavy atom. The number of rotatable bonds is 8. The largest absolute Gasteiger partial charge is 0.317 e. The predicted octanol–water partition coefficient (Wildman–Crippen LogP) is 6.47. The van der Waals surface area contributed by atoms with Gasteiger partial charge in [-0.3, -0.25) is 0 Å². The molecule has 1 aliphatic heterocycles. The maximum Gasteiger partial charge on any atom is -0.00488 e. The van der Waals surface area contributed by atoms with Gasteiger partial charge in [0.15, 0.2) is 0 Å². The molecule has 0 aromatic heterocycles. The second-order valence-electron chi connectivity index (χ2n) is 7.22. The summed E-state index contributed by atoms with van der Waals surface area (Å²) in [6.45, 7) is 4.81. The maximum atomic E-state index is 3.62. The van der Waals surface area contributed by atoms with Crippen LogP contribution in [0.15, 0.2) is 0 Å². The van der Waals surface area contributed by atoms with E-state index in [0.29, 0.717) is 0 Å². The highest BCUT2D eigenvalue weighted by molar-refractivity contribution is 4.63. The van der Waals surface area contributed by atoms with Crippen LogP contribution in [0.2, 0.25) is 0 Å². The summed E-state index contributed by atoms with van der Waals surface area (Å²) in [6, 6.07) is 0. The van der Waals surface area contributed by atoms with Gasteiger partial charge in [-0.2, -0.15) is 0 Å². The molecule has 1 nitrogen and oxygen atoms in total. The molecular formula is C20H41N. The highest BCUT2D eigenvalue weighted by Crippen LogP contribution is 2.23. The van der Waals surface area contributed by atoms with E-state index in [2.05, 4.69) is 12.2 Å². The summed E-state index contributed by atoms with van der Waals surface area (Å²) in [5.74, 6) is 1.03. The molecule has 1 atom stereocenters. The fourth-order valence-electron chi connectivity index (χ4n) is 3.68. The molecule has 0 spiro atoms. The first-order chi connectivity index (χ1) is 10.4. The summed E-state index contributed by atoms with van der Waals surface area (Å²) in [5, 5.41) is 3.62. The van der Waals surface area contributed by atoms with Crippen molar-refractivity contribution >= 4 is 0 Å². The smallest absolute Gasteiger partial charge is 0.00488 e. The van der Waals surface area contributed by atoms with Crippen LogP contribution in [0.1, 0.15) is 110 Å². The van der Waals surface area contributed by atoms with E-state index in [-0.39, 0.29) is 0 Å². The summed E-state index contributed by atoms with van der Waals surface area (Å²) < 4.78 is 0. The zero-order valence-corrected chi connectivity index (χ0v) is 14.8. The van der Waals surface area contributed by atoms with Gasteiger partial charge in [-0.15, -0.1) is 0 Å².